The van der Waals surface area contributed by atoms with Crippen LogP contribution in [-0.4, -0.2) is 9.46 Å². The molecule has 0 spiro atoms. The molecule has 1 N–H and O–H groups in total. The van der Waals surface area contributed by atoms with E-state index in [0.29, 0.717) is 0 Å². The molecule has 0 fully saturated rings. The van der Waals surface area contributed by atoms with E-state index in [-0.39, 0.29) is 29.6 Å². The summed E-state index contributed by atoms with van der Waals surface area (Å²) in [6, 6.07) is 0. The monoisotopic (exact) mass is 258 g/mol. The van der Waals surface area contributed by atoms with Crippen LogP contribution >= 0.6 is 7.82 Å². The van der Waals surface area contributed by atoms with Crippen molar-refractivity contribution < 1.29 is 53.4 Å². The third kappa shape index (κ3) is 14.3. The van der Waals surface area contributed by atoms with Crippen molar-refractivity contribution in [3.05, 3.63) is 18.7 Å². The van der Waals surface area contributed by atoms with E-state index < -0.39 is 7.82 Å². The first-order valence-corrected chi connectivity index (χ1v) is 6.08. The number of unbranched alkanes of at least 4 members (excludes halogenated alkanes) is 1. The van der Waals surface area contributed by atoms with Crippen LogP contribution in [0, 0.1) is 0 Å². The fourth-order valence-electron chi connectivity index (χ4n) is 0.975. The maximum Gasteiger partial charge on any atom is 1.00 e. The molecule has 0 atom stereocenters. The number of nitrogens with zero attached hydrogens (tertiary/aromatic N) is 2. The minimum atomic E-state index is -5.14. The molecule has 0 amide bonds. The molecule has 0 saturated heterocycles. The van der Waals surface area contributed by atoms with Crippen LogP contribution in [0.3, 0.4) is 0 Å². The van der Waals surface area contributed by atoms with Gasteiger partial charge in [0.25, 0.3) is 0 Å². The first-order valence-electron chi connectivity index (χ1n) is 4.58. The van der Waals surface area contributed by atoms with Gasteiger partial charge in [-0.2, -0.15) is 0 Å². The zero-order chi connectivity index (χ0) is 11.9. The van der Waals surface area contributed by atoms with Crippen LogP contribution < -0.4 is 43.9 Å². The number of imidazole rings is 1. The molecule has 0 radical (unpaired) electrons. The zero-order valence-corrected chi connectivity index (χ0v) is 12.8. The van der Waals surface area contributed by atoms with E-state index in [4.69, 9.17) is 19.2 Å². The standard InChI is InChI=1S/C8H15N2.Na.H3O4P/c1-3-4-5-10-7-6-9(2)8-10;;1-5(2,3)4/h6-8H,3-5H2,1-2H3;;(H3,1,2,3,4)/q2*+1;/p-2. The molecule has 0 saturated carbocycles. The van der Waals surface area contributed by atoms with E-state index in [1.54, 1.807) is 0 Å². The van der Waals surface area contributed by atoms with Crippen LogP contribution in [0.2, 0.25) is 0 Å². The average Bonchev–Trinajstić information content (AvgIpc) is 2.45. The Balaban J connectivity index is 0. The smallest absolute Gasteiger partial charge is 0.790 e. The summed E-state index contributed by atoms with van der Waals surface area (Å²) in [5, 5.41) is 0. The first kappa shape index (κ1) is 18.7. The number of aryl methyl sites for hydroxylation is 2. The summed E-state index contributed by atoms with van der Waals surface area (Å²) in [6.07, 6.45) is 8.82. The topological polar surface area (TPSA) is 92.2 Å². The van der Waals surface area contributed by atoms with E-state index in [9.17, 15) is 0 Å². The Morgan fingerprint density at radius 1 is 1.50 bits per heavy atom. The van der Waals surface area contributed by atoms with E-state index in [2.05, 4.69) is 34.8 Å². The van der Waals surface area contributed by atoms with Crippen molar-refractivity contribution in [1.82, 2.24) is 4.57 Å². The van der Waals surface area contributed by atoms with Crippen molar-refractivity contribution in [2.75, 3.05) is 0 Å². The molecule has 6 nitrogen and oxygen atoms in total. The van der Waals surface area contributed by atoms with E-state index in [1.807, 2.05) is 7.05 Å². The van der Waals surface area contributed by atoms with E-state index in [1.165, 1.54) is 12.8 Å². The van der Waals surface area contributed by atoms with Gasteiger partial charge in [-0.3, -0.25) is 0 Å². The van der Waals surface area contributed by atoms with Crippen LogP contribution in [0.4, 0.5) is 0 Å². The molecular weight excluding hydrogens is 242 g/mol. The van der Waals surface area contributed by atoms with Gasteiger partial charge in [0.05, 0.1) is 21.4 Å². The van der Waals surface area contributed by atoms with Gasteiger partial charge in [-0.1, -0.05) is 13.3 Å². The molecule has 0 aliphatic heterocycles. The van der Waals surface area contributed by atoms with Gasteiger partial charge in [0, 0.05) is 0 Å². The van der Waals surface area contributed by atoms with Gasteiger partial charge in [0.15, 0.2) is 0 Å². The Bertz CT molecular complexity index is 317. The Kier molecular flexibility index (Phi) is 10.9. The van der Waals surface area contributed by atoms with Gasteiger partial charge in [-0.05, 0) is 6.42 Å². The van der Waals surface area contributed by atoms with Crippen molar-refractivity contribution in [2.24, 2.45) is 7.05 Å². The van der Waals surface area contributed by atoms with Crippen LogP contribution in [0.5, 0.6) is 0 Å². The van der Waals surface area contributed by atoms with Gasteiger partial charge in [-0.25, -0.2) is 9.13 Å². The molecule has 1 rings (SSSR count). The second kappa shape index (κ2) is 9.36. The predicted octanol–water partition coefficient (Wildman–Crippen LogP) is -4.08. The Morgan fingerprint density at radius 2 is 2.00 bits per heavy atom. The minimum Gasteiger partial charge on any atom is -0.790 e. The first-order chi connectivity index (χ1) is 6.83. The Hall–Kier alpha value is 0.320. The molecule has 0 aliphatic rings. The van der Waals surface area contributed by atoms with Gasteiger partial charge < -0.3 is 19.2 Å². The SMILES string of the molecule is CCCC[n+]1ccn(C)c1.O=P([O-])([O-])O.[Na+]. The third-order valence-corrected chi connectivity index (χ3v) is 1.59. The van der Waals surface area contributed by atoms with Crippen molar-refractivity contribution >= 4 is 7.82 Å². The average molecular weight is 258 g/mol. The predicted molar refractivity (Wildman–Crippen MR) is 50.3 cm³/mol. The molecule has 16 heavy (non-hydrogen) atoms. The second-order valence-corrected chi connectivity index (χ2v) is 4.08. The molecule has 0 aromatic carbocycles. The van der Waals surface area contributed by atoms with Crippen LogP contribution in [0.15, 0.2) is 18.7 Å². The summed E-state index contributed by atoms with van der Waals surface area (Å²) in [4.78, 5) is 24.3. The quantitative estimate of drug-likeness (QED) is 0.339. The minimum absolute atomic E-state index is 0. The van der Waals surface area contributed by atoms with Crippen LogP contribution in [0.25, 0.3) is 0 Å². The maximum atomic E-state index is 8.66. The molecule has 0 bridgehead atoms. The third-order valence-electron chi connectivity index (χ3n) is 1.59. The molecule has 88 valence electrons. The summed E-state index contributed by atoms with van der Waals surface area (Å²) in [5.41, 5.74) is 0. The Morgan fingerprint density at radius 3 is 2.31 bits per heavy atom. The van der Waals surface area contributed by atoms with Crippen LogP contribution in [-0.2, 0) is 18.2 Å². The zero-order valence-electron chi connectivity index (χ0n) is 9.87. The fraction of sp³-hybridized carbons (Fsp3) is 0.625. The molecule has 8 heteroatoms. The maximum absolute atomic E-state index is 8.66. The second-order valence-electron chi connectivity index (χ2n) is 3.14. The summed E-state index contributed by atoms with van der Waals surface area (Å²) in [7, 11) is -3.09. The van der Waals surface area contributed by atoms with Crippen LogP contribution in [0.1, 0.15) is 19.8 Å². The normalized spacial score (nSPS) is 10.1. The number of hydrogen-bond acceptors (Lipinski definition) is 3. The van der Waals surface area contributed by atoms with Gasteiger partial charge in [0.1, 0.15) is 12.4 Å². The molecule has 0 unspecified atom stereocenters. The molecule has 0 aliphatic carbocycles. The number of aromatic nitrogens is 2. The fourth-order valence-corrected chi connectivity index (χ4v) is 0.975. The molecule has 1 aromatic heterocycles. The largest absolute Gasteiger partial charge is 1.00 e. The van der Waals surface area contributed by atoms with E-state index in [0.717, 1.165) is 6.54 Å². The number of hydrogen-bond donors (Lipinski definition) is 1. The van der Waals surface area contributed by atoms with Crippen molar-refractivity contribution in [3.63, 3.8) is 0 Å². The number of rotatable bonds is 3. The summed E-state index contributed by atoms with van der Waals surface area (Å²) in [5.74, 6) is 0. The van der Waals surface area contributed by atoms with Crippen molar-refractivity contribution in [1.29, 1.82) is 0 Å². The van der Waals surface area contributed by atoms with Gasteiger partial charge >= 0.3 is 29.6 Å². The molecular formula is C8H16N2NaO4P. The molecule has 1 heterocycles. The summed E-state index contributed by atoms with van der Waals surface area (Å²) >= 11 is 0. The van der Waals surface area contributed by atoms with Gasteiger partial charge in [-0.15, -0.1) is 0 Å². The van der Waals surface area contributed by atoms with Crippen molar-refractivity contribution in [3.8, 4) is 0 Å². The van der Waals surface area contributed by atoms with Gasteiger partial charge in [0.2, 0.25) is 6.33 Å². The Labute approximate surface area is 117 Å². The van der Waals surface area contributed by atoms with Crippen molar-refractivity contribution in [2.45, 2.75) is 26.3 Å². The van der Waals surface area contributed by atoms with E-state index >= 15 is 0 Å². The summed E-state index contributed by atoms with van der Waals surface area (Å²) < 4.78 is 12.9. The summed E-state index contributed by atoms with van der Waals surface area (Å²) in [6.45, 7) is 3.36. The molecule has 1 aromatic rings. The number of phosphoric acid groups is 1.